The van der Waals surface area contributed by atoms with Crippen molar-refractivity contribution in [2.45, 2.75) is 47.0 Å². The first kappa shape index (κ1) is 23.9. The number of nitrogens with zero attached hydrogens (tertiary/aromatic N) is 2. The van der Waals surface area contributed by atoms with Crippen LogP contribution in [0.15, 0.2) is 46.3 Å². The zero-order chi connectivity index (χ0) is 23.1. The average molecular weight is 453 g/mol. The number of benzene rings is 2. The lowest BCUT2D eigenvalue weighted by atomic mass is 10.1. The summed E-state index contributed by atoms with van der Waals surface area (Å²) in [4.78, 5) is 20.3. The fraction of sp³-hybridized carbons (Fsp3) is 0.385. The van der Waals surface area contributed by atoms with E-state index in [1.807, 2.05) is 51.1 Å². The van der Waals surface area contributed by atoms with Crippen LogP contribution in [0.1, 0.15) is 49.8 Å². The molecule has 2 aromatic rings. The SMILES string of the molecule is CCCCCOc1c(/C=C2/SC(=Nc3cc(C)ccc3C)N(CC)C2=O)cccc1OC. The molecule has 0 radical (unpaired) electrons. The molecule has 1 aliphatic heterocycles. The monoisotopic (exact) mass is 452 g/mol. The van der Waals surface area contributed by atoms with Crippen molar-refractivity contribution in [3.63, 3.8) is 0 Å². The highest BCUT2D eigenvalue weighted by Gasteiger charge is 2.32. The Morgan fingerprint density at radius 2 is 1.94 bits per heavy atom. The van der Waals surface area contributed by atoms with Crippen LogP contribution >= 0.6 is 11.8 Å². The smallest absolute Gasteiger partial charge is 0.266 e. The van der Waals surface area contributed by atoms with Crippen LogP contribution in [0.4, 0.5) is 5.69 Å². The van der Waals surface area contributed by atoms with Crippen molar-refractivity contribution in [1.82, 2.24) is 4.90 Å². The van der Waals surface area contributed by atoms with Crippen molar-refractivity contribution in [1.29, 1.82) is 0 Å². The second-order valence-corrected chi connectivity index (χ2v) is 8.79. The third-order valence-electron chi connectivity index (χ3n) is 5.30. The topological polar surface area (TPSA) is 51.1 Å². The van der Waals surface area contributed by atoms with E-state index in [0.717, 1.165) is 41.6 Å². The third-order valence-corrected chi connectivity index (χ3v) is 6.30. The summed E-state index contributed by atoms with van der Waals surface area (Å²) in [6.45, 7) is 9.39. The van der Waals surface area contributed by atoms with Crippen molar-refractivity contribution in [2.75, 3.05) is 20.3 Å². The van der Waals surface area contributed by atoms with Crippen molar-refractivity contribution in [3.8, 4) is 11.5 Å². The lowest BCUT2D eigenvalue weighted by Gasteiger charge is -2.14. The number of amidine groups is 1. The summed E-state index contributed by atoms with van der Waals surface area (Å²) in [5.41, 5.74) is 3.95. The van der Waals surface area contributed by atoms with E-state index in [1.54, 1.807) is 12.0 Å². The third kappa shape index (κ3) is 5.54. The maximum Gasteiger partial charge on any atom is 0.266 e. The average Bonchev–Trinajstić information content (AvgIpc) is 3.08. The van der Waals surface area contributed by atoms with Gasteiger partial charge in [0.15, 0.2) is 16.7 Å². The molecule has 1 fully saturated rings. The molecular weight excluding hydrogens is 420 g/mol. The van der Waals surface area contributed by atoms with Gasteiger partial charge in [0.25, 0.3) is 5.91 Å². The molecule has 170 valence electrons. The number of para-hydroxylation sites is 1. The Bertz CT molecular complexity index is 1030. The summed E-state index contributed by atoms with van der Waals surface area (Å²) in [5.74, 6) is 1.30. The van der Waals surface area contributed by atoms with E-state index >= 15 is 0 Å². The van der Waals surface area contributed by atoms with E-state index in [0.29, 0.717) is 34.7 Å². The van der Waals surface area contributed by atoms with Crippen LogP contribution in [0.5, 0.6) is 11.5 Å². The Morgan fingerprint density at radius 3 is 2.66 bits per heavy atom. The molecule has 1 saturated heterocycles. The first-order valence-electron chi connectivity index (χ1n) is 11.2. The number of methoxy groups -OCH3 is 1. The number of thioether (sulfide) groups is 1. The predicted molar refractivity (Wildman–Crippen MR) is 134 cm³/mol. The van der Waals surface area contributed by atoms with Gasteiger partial charge in [-0.05, 0) is 68.3 Å². The zero-order valence-corrected chi connectivity index (χ0v) is 20.4. The molecule has 6 heteroatoms. The maximum atomic E-state index is 13.1. The quantitative estimate of drug-likeness (QED) is 0.322. The number of ether oxygens (including phenoxy) is 2. The summed E-state index contributed by atoms with van der Waals surface area (Å²) >= 11 is 1.40. The number of aryl methyl sites for hydroxylation is 2. The molecule has 1 amide bonds. The molecule has 0 aliphatic carbocycles. The number of hydrogen-bond acceptors (Lipinski definition) is 5. The van der Waals surface area contributed by atoms with Gasteiger partial charge in [-0.1, -0.05) is 44.0 Å². The summed E-state index contributed by atoms with van der Waals surface area (Å²) < 4.78 is 11.6. The van der Waals surface area contributed by atoms with Gasteiger partial charge in [0, 0.05) is 12.1 Å². The Hall–Kier alpha value is -2.73. The molecule has 0 unspecified atom stereocenters. The second kappa shape index (κ2) is 11.2. The minimum atomic E-state index is -0.0405. The van der Waals surface area contributed by atoms with Crippen LogP contribution < -0.4 is 9.47 Å². The number of carbonyl (C=O) groups is 1. The molecule has 0 bridgehead atoms. The van der Waals surface area contributed by atoms with Gasteiger partial charge in [-0.25, -0.2) is 4.99 Å². The Labute approximate surface area is 195 Å². The van der Waals surface area contributed by atoms with E-state index in [9.17, 15) is 4.79 Å². The molecule has 1 aliphatic rings. The summed E-state index contributed by atoms with van der Waals surface area (Å²) in [6.07, 6.45) is 5.11. The Morgan fingerprint density at radius 1 is 1.12 bits per heavy atom. The molecular formula is C26H32N2O3S. The van der Waals surface area contributed by atoms with Gasteiger partial charge in [0.2, 0.25) is 0 Å². The lowest BCUT2D eigenvalue weighted by molar-refractivity contribution is -0.122. The van der Waals surface area contributed by atoms with Gasteiger partial charge in [-0.3, -0.25) is 9.69 Å². The van der Waals surface area contributed by atoms with Crippen LogP contribution in [-0.4, -0.2) is 36.2 Å². The van der Waals surface area contributed by atoms with Crippen LogP contribution in [-0.2, 0) is 4.79 Å². The molecule has 2 aromatic carbocycles. The lowest BCUT2D eigenvalue weighted by Crippen LogP contribution is -2.28. The highest BCUT2D eigenvalue weighted by Crippen LogP contribution is 2.38. The zero-order valence-electron chi connectivity index (χ0n) is 19.6. The minimum absolute atomic E-state index is 0.0405. The first-order chi connectivity index (χ1) is 15.5. The van der Waals surface area contributed by atoms with Crippen LogP contribution in [0.2, 0.25) is 0 Å². The fourth-order valence-electron chi connectivity index (χ4n) is 3.44. The van der Waals surface area contributed by atoms with Gasteiger partial charge in [-0.15, -0.1) is 0 Å². The minimum Gasteiger partial charge on any atom is -0.493 e. The van der Waals surface area contributed by atoms with E-state index in [1.165, 1.54) is 11.8 Å². The summed E-state index contributed by atoms with van der Waals surface area (Å²) in [5, 5.41) is 0.700. The number of carbonyl (C=O) groups excluding carboxylic acids is 1. The number of likely N-dealkylation sites (N-methyl/N-ethyl adjacent to an activating group) is 1. The molecule has 0 spiro atoms. The van der Waals surface area contributed by atoms with E-state index < -0.39 is 0 Å². The predicted octanol–water partition coefficient (Wildman–Crippen LogP) is 6.50. The van der Waals surface area contributed by atoms with E-state index in [2.05, 4.69) is 19.1 Å². The van der Waals surface area contributed by atoms with E-state index in [-0.39, 0.29) is 5.91 Å². The molecule has 32 heavy (non-hydrogen) atoms. The van der Waals surface area contributed by atoms with Crippen LogP contribution in [0.3, 0.4) is 0 Å². The number of rotatable bonds is 9. The number of amides is 1. The van der Waals surface area contributed by atoms with Gasteiger partial charge in [0.05, 0.1) is 24.3 Å². The van der Waals surface area contributed by atoms with Gasteiger partial charge < -0.3 is 9.47 Å². The second-order valence-electron chi connectivity index (χ2n) is 7.78. The number of aliphatic imine (C=N–C) groups is 1. The van der Waals surface area contributed by atoms with Crippen molar-refractivity contribution in [2.24, 2.45) is 4.99 Å². The fourth-order valence-corrected chi connectivity index (χ4v) is 4.49. The first-order valence-corrected chi connectivity index (χ1v) is 12.0. The van der Waals surface area contributed by atoms with Crippen LogP contribution in [0.25, 0.3) is 6.08 Å². The number of hydrogen-bond donors (Lipinski definition) is 0. The van der Waals surface area contributed by atoms with Crippen molar-refractivity contribution in [3.05, 3.63) is 58.0 Å². The maximum absolute atomic E-state index is 13.1. The van der Waals surface area contributed by atoms with Gasteiger partial charge >= 0.3 is 0 Å². The highest BCUT2D eigenvalue weighted by atomic mass is 32.2. The molecule has 0 aromatic heterocycles. The van der Waals surface area contributed by atoms with E-state index in [4.69, 9.17) is 14.5 Å². The van der Waals surface area contributed by atoms with Gasteiger partial charge in [0.1, 0.15) is 0 Å². The summed E-state index contributed by atoms with van der Waals surface area (Å²) in [7, 11) is 1.63. The van der Waals surface area contributed by atoms with Crippen LogP contribution in [0, 0.1) is 13.8 Å². The summed E-state index contributed by atoms with van der Waals surface area (Å²) in [6, 6.07) is 11.9. The van der Waals surface area contributed by atoms with Crippen molar-refractivity contribution >= 4 is 34.6 Å². The normalized spacial score (nSPS) is 16.3. The number of unbranched alkanes of at least 4 members (excludes halogenated alkanes) is 2. The molecule has 0 atom stereocenters. The molecule has 3 rings (SSSR count). The van der Waals surface area contributed by atoms with Crippen molar-refractivity contribution < 1.29 is 14.3 Å². The molecule has 0 N–H and O–H groups in total. The molecule has 5 nitrogen and oxygen atoms in total. The Kier molecular flexibility index (Phi) is 8.39. The molecule has 0 saturated carbocycles. The standard InChI is InChI=1S/C26H32N2O3S/c1-6-8-9-15-31-24-20(11-10-12-22(24)30-5)17-23-25(29)28(7-2)26(32-23)27-21-16-18(3)13-14-19(21)4/h10-14,16-17H,6-9,15H2,1-5H3/b23-17+,27-26?. The largest absolute Gasteiger partial charge is 0.493 e. The highest BCUT2D eigenvalue weighted by molar-refractivity contribution is 8.18. The van der Waals surface area contributed by atoms with Gasteiger partial charge in [-0.2, -0.15) is 0 Å². The Balaban J connectivity index is 1.94. The molecule has 1 heterocycles.